The van der Waals surface area contributed by atoms with Gasteiger partial charge in [0.1, 0.15) is 0 Å². The average molecular weight is 228 g/mol. The third-order valence-corrected chi connectivity index (χ3v) is 1.64. The zero-order valence-electron chi connectivity index (χ0n) is 3.40. The maximum atomic E-state index is 9.61. The molecule has 0 aromatic heterocycles. The second-order valence-electron chi connectivity index (χ2n) is 0.709. The molecular formula is C2H3ClINaO. The van der Waals surface area contributed by atoms with Gasteiger partial charge in [-0.1, -0.05) is 0 Å². The number of carbonyl (C=O) groups excluding carboxylic acids is 1. The molecule has 0 aliphatic carbocycles. The Morgan fingerprint density at radius 2 is 2.00 bits per heavy atom. The molecule has 0 fully saturated rings. The number of rotatable bonds is 1. The van der Waals surface area contributed by atoms with E-state index in [1.807, 2.05) is 0 Å². The zero-order valence-corrected chi connectivity index (χ0v) is 8.49. The molecule has 0 saturated carbocycles. The van der Waals surface area contributed by atoms with Gasteiger partial charge in [0.15, 0.2) is 0 Å². The predicted molar refractivity (Wildman–Crippen MR) is 36.8 cm³/mol. The van der Waals surface area contributed by atoms with E-state index >= 15 is 0 Å². The van der Waals surface area contributed by atoms with Crippen LogP contribution in [0.25, 0.3) is 0 Å². The Morgan fingerprint density at radius 3 is 2.00 bits per heavy atom. The van der Waals surface area contributed by atoms with Crippen LogP contribution in [0, 0.1) is 0 Å². The summed E-state index contributed by atoms with van der Waals surface area (Å²) in [6, 6.07) is 0. The van der Waals surface area contributed by atoms with E-state index in [1.165, 1.54) is 0 Å². The van der Waals surface area contributed by atoms with Crippen molar-refractivity contribution >= 4 is 68.8 Å². The first-order valence-corrected chi connectivity index (χ1v) is 3.25. The fourth-order valence-corrected chi connectivity index (χ4v) is 0. The molecule has 0 aromatic rings. The number of hydrogen-bond acceptors (Lipinski definition) is 1. The Balaban J connectivity index is 0. The van der Waals surface area contributed by atoms with Crippen molar-refractivity contribution in [2.75, 3.05) is 0 Å². The molecule has 0 unspecified atom stereocenters. The summed E-state index contributed by atoms with van der Waals surface area (Å²) in [7, 11) is 0. The Bertz CT molecular complexity index is 48.8. The third kappa shape index (κ3) is 9.19. The van der Waals surface area contributed by atoms with Crippen LogP contribution in [0.2, 0.25) is 3.67 Å². The van der Waals surface area contributed by atoms with E-state index in [9.17, 15) is 4.79 Å². The van der Waals surface area contributed by atoms with Crippen LogP contribution in [0.15, 0.2) is 0 Å². The van der Waals surface area contributed by atoms with Gasteiger partial charge in [-0.2, -0.15) is 0 Å². The van der Waals surface area contributed by atoms with Crippen molar-refractivity contribution in [3.8, 4) is 0 Å². The van der Waals surface area contributed by atoms with Crippen LogP contribution < -0.4 is 0 Å². The second kappa shape index (κ2) is 6.69. The molecule has 0 saturated heterocycles. The SMILES string of the molecule is I.O=C(Cl)[CH2][Na]. The molecular weight excluding hydrogens is 225 g/mol. The van der Waals surface area contributed by atoms with E-state index in [0.29, 0.717) is 3.67 Å². The van der Waals surface area contributed by atoms with Crippen molar-refractivity contribution in [3.05, 3.63) is 0 Å². The van der Waals surface area contributed by atoms with Crippen molar-refractivity contribution in [3.63, 3.8) is 0 Å². The summed E-state index contributed by atoms with van der Waals surface area (Å²) >= 11 is 5.75. The molecule has 0 radical (unpaired) electrons. The molecule has 0 aliphatic rings. The van der Waals surface area contributed by atoms with Crippen molar-refractivity contribution in [2.45, 2.75) is 3.67 Å². The Labute approximate surface area is 76.2 Å². The molecule has 0 rings (SSSR count). The van der Waals surface area contributed by atoms with Gasteiger partial charge in [-0.25, -0.2) is 0 Å². The van der Waals surface area contributed by atoms with Crippen LogP contribution in [0.4, 0.5) is 0 Å². The fourth-order valence-electron chi connectivity index (χ4n) is 0. The van der Waals surface area contributed by atoms with Crippen LogP contribution in [-0.4, -0.2) is 33.2 Å². The summed E-state index contributed by atoms with van der Waals surface area (Å²) in [5.41, 5.74) is 0. The van der Waals surface area contributed by atoms with Gasteiger partial charge < -0.3 is 0 Å². The molecule has 0 N–H and O–H groups in total. The Hall–Kier alpha value is 1.69. The molecule has 32 valence electrons. The summed E-state index contributed by atoms with van der Waals surface area (Å²) in [6.45, 7) is 0. The van der Waals surface area contributed by atoms with Gasteiger partial charge in [0.25, 0.3) is 0 Å². The normalized spacial score (nSPS) is 6.50. The third-order valence-electron chi connectivity index (χ3n) is 0.278. The van der Waals surface area contributed by atoms with Gasteiger partial charge in [0, 0.05) is 0 Å². The van der Waals surface area contributed by atoms with E-state index < -0.39 is 0 Å². The van der Waals surface area contributed by atoms with Gasteiger partial charge in [-0.05, 0) is 0 Å². The molecule has 0 amide bonds. The van der Waals surface area contributed by atoms with Gasteiger partial charge in [0.05, 0.1) is 0 Å². The fraction of sp³-hybridized carbons (Fsp3) is 0.500. The summed E-state index contributed by atoms with van der Waals surface area (Å²) in [5, 5.41) is -0.211. The van der Waals surface area contributed by atoms with E-state index in [0.717, 1.165) is 27.9 Å². The summed E-state index contributed by atoms with van der Waals surface area (Å²) in [6.07, 6.45) is 0. The van der Waals surface area contributed by atoms with Gasteiger partial charge >= 0.3 is 53.2 Å². The number of carbonyl (C=O) groups is 1. The molecule has 0 bridgehead atoms. The molecule has 0 atom stereocenters. The zero-order chi connectivity index (χ0) is 4.28. The van der Waals surface area contributed by atoms with Crippen molar-refractivity contribution in [1.82, 2.24) is 0 Å². The molecule has 6 heavy (non-hydrogen) atoms. The first-order valence-electron chi connectivity index (χ1n) is 1.45. The van der Waals surface area contributed by atoms with Gasteiger partial charge in [0.2, 0.25) is 0 Å². The summed E-state index contributed by atoms with van der Waals surface area (Å²) in [4.78, 5) is 9.61. The first kappa shape index (κ1) is 10.6. The van der Waals surface area contributed by atoms with Crippen LogP contribution in [0.3, 0.4) is 0 Å². The van der Waals surface area contributed by atoms with Crippen LogP contribution in [0.5, 0.6) is 0 Å². The topological polar surface area (TPSA) is 17.1 Å². The first-order chi connectivity index (χ1) is 2.27. The summed E-state index contributed by atoms with van der Waals surface area (Å²) in [5.74, 6) is 0. The molecule has 0 aliphatic heterocycles. The van der Waals surface area contributed by atoms with Crippen LogP contribution in [-0.2, 0) is 4.79 Å². The Morgan fingerprint density at radius 1 is 1.83 bits per heavy atom. The molecule has 0 heterocycles. The summed E-state index contributed by atoms with van der Waals surface area (Å²) < 4.78 is 0.571. The van der Waals surface area contributed by atoms with Gasteiger partial charge in [-0.3, -0.25) is 0 Å². The van der Waals surface area contributed by atoms with Crippen molar-refractivity contribution in [1.29, 1.82) is 0 Å². The van der Waals surface area contributed by atoms with Crippen molar-refractivity contribution < 1.29 is 4.79 Å². The molecule has 0 aromatic carbocycles. The van der Waals surface area contributed by atoms with Crippen molar-refractivity contribution in [2.24, 2.45) is 0 Å². The second-order valence-corrected chi connectivity index (χ2v) is 1.84. The van der Waals surface area contributed by atoms with E-state index in [4.69, 9.17) is 11.6 Å². The standard InChI is InChI=1S/C2H2ClO.HI.Na/c1-2(3)4;;/h1H2;1H;. The quantitative estimate of drug-likeness (QED) is 0.371. The van der Waals surface area contributed by atoms with E-state index in [1.54, 1.807) is 0 Å². The van der Waals surface area contributed by atoms with E-state index in [-0.39, 0.29) is 29.2 Å². The average Bonchev–Trinajstić information content (AvgIpc) is 1.38. The predicted octanol–water partition coefficient (Wildman–Crippen LogP) is 0.957. The maximum absolute atomic E-state index is 9.61. The molecule has 0 spiro atoms. The van der Waals surface area contributed by atoms with Gasteiger partial charge in [-0.15, -0.1) is 24.0 Å². The minimum absolute atomic E-state index is 0. The number of halogens is 2. The number of hydrogen-bond donors (Lipinski definition) is 0. The molecule has 4 heteroatoms. The Kier molecular flexibility index (Phi) is 11.9. The molecule has 1 nitrogen and oxygen atoms in total. The monoisotopic (exact) mass is 228 g/mol. The minimum atomic E-state index is -0.211. The van der Waals surface area contributed by atoms with Crippen LogP contribution >= 0.6 is 35.6 Å². The van der Waals surface area contributed by atoms with Crippen LogP contribution in [0.1, 0.15) is 0 Å². The van der Waals surface area contributed by atoms with E-state index in [2.05, 4.69) is 0 Å².